The fourth-order valence-corrected chi connectivity index (χ4v) is 1.88. The van der Waals surface area contributed by atoms with Crippen LogP contribution < -0.4 is 5.56 Å². The fourth-order valence-electron chi connectivity index (χ4n) is 0.982. The minimum absolute atomic E-state index is 0.0638. The molecule has 0 aliphatic carbocycles. The Morgan fingerprint density at radius 1 is 1.30 bits per heavy atom. The number of H-pyrrole nitrogens is 1. The first-order valence-corrected chi connectivity index (χ1v) is 4.03. The maximum atomic E-state index is 11.0. The van der Waals surface area contributed by atoms with Crippen molar-refractivity contribution in [1.82, 2.24) is 4.75 Å². The molecule has 2 aromatic rings. The van der Waals surface area contributed by atoms with Gasteiger partial charge in [-0.15, -0.1) is 0 Å². The molecule has 0 saturated carbocycles. The van der Waals surface area contributed by atoms with Crippen LogP contribution in [-0.2, 0) is 0 Å². The Kier molecular flexibility index (Phi) is 1.15. The SMILES string of the molecule is O=c1[nH][pH]c2ccccc12. The van der Waals surface area contributed by atoms with Gasteiger partial charge in [0.2, 0.25) is 0 Å². The lowest BCUT2D eigenvalue weighted by Crippen LogP contribution is -1.94. The lowest BCUT2D eigenvalue weighted by atomic mass is 10.3. The summed E-state index contributed by atoms with van der Waals surface area (Å²) in [6.45, 7) is 0. The minimum atomic E-state index is 0.0638. The van der Waals surface area contributed by atoms with Gasteiger partial charge in [0.05, 0.1) is 5.39 Å². The van der Waals surface area contributed by atoms with E-state index in [1.807, 2.05) is 24.3 Å². The zero-order valence-electron chi connectivity index (χ0n) is 5.22. The van der Waals surface area contributed by atoms with Crippen LogP contribution in [0.4, 0.5) is 0 Å². The minimum Gasteiger partial charge on any atom is -0.314 e. The molecule has 1 unspecified atom stereocenters. The number of rotatable bonds is 0. The maximum absolute atomic E-state index is 11.0. The maximum Gasteiger partial charge on any atom is 0.259 e. The molecule has 1 N–H and O–H groups in total. The first kappa shape index (κ1) is 5.75. The second kappa shape index (κ2) is 1.99. The van der Waals surface area contributed by atoms with Crippen LogP contribution in [0, 0.1) is 0 Å². The van der Waals surface area contributed by atoms with Gasteiger partial charge in [0.1, 0.15) is 0 Å². The van der Waals surface area contributed by atoms with E-state index in [1.54, 1.807) is 0 Å². The summed E-state index contributed by atoms with van der Waals surface area (Å²) in [5.74, 6) is 0. The van der Waals surface area contributed by atoms with E-state index in [9.17, 15) is 4.79 Å². The van der Waals surface area contributed by atoms with Crippen molar-refractivity contribution in [3.63, 3.8) is 0 Å². The Hall–Kier alpha value is -1.01. The third-order valence-electron chi connectivity index (χ3n) is 1.48. The molecule has 0 radical (unpaired) electrons. The van der Waals surface area contributed by atoms with Crippen LogP contribution in [0.25, 0.3) is 10.5 Å². The van der Waals surface area contributed by atoms with Gasteiger partial charge in [-0.1, -0.05) is 20.5 Å². The molecule has 0 saturated heterocycles. The van der Waals surface area contributed by atoms with Gasteiger partial charge < -0.3 is 4.75 Å². The van der Waals surface area contributed by atoms with Crippen molar-refractivity contribution < 1.29 is 0 Å². The zero-order valence-corrected chi connectivity index (χ0v) is 6.22. The number of aromatic amines is 1. The van der Waals surface area contributed by atoms with Crippen LogP contribution in [-0.4, -0.2) is 4.75 Å². The van der Waals surface area contributed by atoms with Crippen LogP contribution in [0.3, 0.4) is 0 Å². The molecule has 1 heterocycles. The molecule has 10 heavy (non-hydrogen) atoms. The molecule has 0 amide bonds. The standard InChI is InChI=1S/C7H6NOP/c9-7-5-3-1-2-4-6(5)10-8-7/h1-4,10H,(H,8,9). The molecule has 0 aliphatic heterocycles. The quantitative estimate of drug-likeness (QED) is 0.608. The van der Waals surface area contributed by atoms with E-state index in [4.69, 9.17) is 0 Å². The summed E-state index contributed by atoms with van der Waals surface area (Å²) in [7, 11) is 0.461. The fraction of sp³-hybridized carbons (Fsp3) is 0. The molecule has 2 nitrogen and oxygen atoms in total. The molecule has 1 atom stereocenters. The van der Waals surface area contributed by atoms with E-state index in [0.717, 1.165) is 10.5 Å². The first-order valence-electron chi connectivity index (χ1n) is 3.03. The molecule has 0 aliphatic rings. The van der Waals surface area contributed by atoms with Crippen molar-refractivity contribution >= 4 is 18.9 Å². The highest BCUT2D eigenvalue weighted by molar-refractivity contribution is 7.32. The zero-order chi connectivity index (χ0) is 6.97. The van der Waals surface area contributed by atoms with Crippen molar-refractivity contribution in [1.29, 1.82) is 0 Å². The summed E-state index contributed by atoms with van der Waals surface area (Å²) < 4.78 is 2.77. The summed E-state index contributed by atoms with van der Waals surface area (Å²) in [5.41, 5.74) is 0.0638. The van der Waals surface area contributed by atoms with Gasteiger partial charge >= 0.3 is 0 Å². The van der Waals surface area contributed by atoms with E-state index < -0.39 is 0 Å². The third kappa shape index (κ3) is 0.695. The van der Waals surface area contributed by atoms with Crippen molar-refractivity contribution in [3.8, 4) is 0 Å². The van der Waals surface area contributed by atoms with Gasteiger partial charge in [-0.25, -0.2) is 0 Å². The highest BCUT2D eigenvalue weighted by Gasteiger charge is 1.94. The molecule has 1 aromatic heterocycles. The predicted molar refractivity (Wildman–Crippen MR) is 44.1 cm³/mol. The van der Waals surface area contributed by atoms with Crippen LogP contribution in [0.15, 0.2) is 29.1 Å². The third-order valence-corrected chi connectivity index (χ3v) is 2.54. The van der Waals surface area contributed by atoms with Crippen molar-refractivity contribution in [3.05, 3.63) is 34.6 Å². The molecule has 0 bridgehead atoms. The highest BCUT2D eigenvalue weighted by atomic mass is 31.0. The normalized spacial score (nSPS) is 11.2. The topological polar surface area (TPSA) is 32.9 Å². The monoisotopic (exact) mass is 151 g/mol. The van der Waals surface area contributed by atoms with Gasteiger partial charge in [0, 0.05) is 5.12 Å². The Balaban J connectivity index is 3.07. The Labute approximate surface area is 59.0 Å². The summed E-state index contributed by atoms with van der Waals surface area (Å²) in [5, 5.41) is 1.97. The smallest absolute Gasteiger partial charge is 0.259 e. The summed E-state index contributed by atoms with van der Waals surface area (Å²) >= 11 is 0. The number of fused-ring (bicyclic) bond motifs is 1. The van der Waals surface area contributed by atoms with E-state index in [2.05, 4.69) is 4.75 Å². The Bertz CT molecular complexity index is 401. The van der Waals surface area contributed by atoms with E-state index in [1.165, 1.54) is 0 Å². The number of nitrogens with one attached hydrogen (secondary N) is 1. The molecule has 0 spiro atoms. The predicted octanol–water partition coefficient (Wildman–Crippen LogP) is 1.56. The average Bonchev–Trinajstić information content (AvgIpc) is 2.34. The molecular weight excluding hydrogens is 145 g/mol. The van der Waals surface area contributed by atoms with Crippen LogP contribution >= 0.6 is 8.35 Å². The van der Waals surface area contributed by atoms with Gasteiger partial charge in [0.25, 0.3) is 5.56 Å². The second-order valence-electron chi connectivity index (χ2n) is 2.12. The molecule has 1 aromatic carbocycles. The average molecular weight is 151 g/mol. The van der Waals surface area contributed by atoms with Crippen molar-refractivity contribution in [2.24, 2.45) is 0 Å². The summed E-state index contributed by atoms with van der Waals surface area (Å²) in [6.07, 6.45) is 0. The van der Waals surface area contributed by atoms with Crippen LogP contribution in [0.2, 0.25) is 0 Å². The largest absolute Gasteiger partial charge is 0.314 e. The summed E-state index contributed by atoms with van der Waals surface area (Å²) in [4.78, 5) is 11.0. The number of aromatic nitrogens is 1. The van der Waals surface area contributed by atoms with Gasteiger partial charge in [-0.05, 0) is 12.1 Å². The molecular formula is C7H6NOP. The van der Waals surface area contributed by atoms with E-state index >= 15 is 0 Å². The number of benzene rings is 1. The second-order valence-corrected chi connectivity index (χ2v) is 3.16. The van der Waals surface area contributed by atoms with Gasteiger partial charge in [-0.2, -0.15) is 0 Å². The highest BCUT2D eigenvalue weighted by Crippen LogP contribution is 2.16. The number of hydrogen-bond acceptors (Lipinski definition) is 1. The molecule has 50 valence electrons. The molecule has 0 fully saturated rings. The van der Waals surface area contributed by atoms with Gasteiger partial charge in [-0.3, -0.25) is 4.79 Å². The Morgan fingerprint density at radius 3 is 2.90 bits per heavy atom. The van der Waals surface area contributed by atoms with Crippen LogP contribution in [0.5, 0.6) is 0 Å². The number of hydrogen-bond donors (Lipinski definition) is 1. The van der Waals surface area contributed by atoms with Gasteiger partial charge in [0.15, 0.2) is 0 Å². The Morgan fingerprint density at radius 2 is 2.10 bits per heavy atom. The van der Waals surface area contributed by atoms with Crippen LogP contribution in [0.1, 0.15) is 0 Å². The molecule has 2 rings (SSSR count). The van der Waals surface area contributed by atoms with E-state index in [0.29, 0.717) is 8.35 Å². The summed E-state index contributed by atoms with van der Waals surface area (Å²) in [6, 6.07) is 7.66. The van der Waals surface area contributed by atoms with Crippen molar-refractivity contribution in [2.75, 3.05) is 0 Å². The molecule has 3 heteroatoms. The lowest BCUT2D eigenvalue weighted by molar-refractivity contribution is 1.47. The first-order chi connectivity index (χ1) is 4.88. The van der Waals surface area contributed by atoms with E-state index in [-0.39, 0.29) is 5.56 Å². The van der Waals surface area contributed by atoms with Crippen molar-refractivity contribution in [2.45, 2.75) is 0 Å². The lowest BCUT2D eigenvalue weighted by Gasteiger charge is -1.80.